The molecule has 0 aromatic heterocycles. The van der Waals surface area contributed by atoms with E-state index in [1.807, 2.05) is 65.0 Å². The summed E-state index contributed by atoms with van der Waals surface area (Å²) in [5, 5.41) is 0. The lowest BCUT2D eigenvalue weighted by Gasteiger charge is -2.32. The summed E-state index contributed by atoms with van der Waals surface area (Å²) in [5.41, 5.74) is 7.09. The van der Waals surface area contributed by atoms with Gasteiger partial charge >= 0.3 is 7.12 Å². The minimum absolute atomic E-state index is 0.370. The first kappa shape index (κ1) is 17.1. The fourth-order valence-corrected chi connectivity index (χ4v) is 2.30. The SMILES string of the molecule is CCOc1ccccc1C=C(CN)B1OC(C)(C)C(C)(C)O1. The summed E-state index contributed by atoms with van der Waals surface area (Å²) >= 11 is 0. The van der Waals surface area contributed by atoms with Crippen molar-refractivity contribution in [3.05, 3.63) is 35.3 Å². The van der Waals surface area contributed by atoms with Crippen LogP contribution in [0.3, 0.4) is 0 Å². The van der Waals surface area contributed by atoms with Gasteiger partial charge in [-0.05, 0) is 46.2 Å². The molecule has 1 heterocycles. The maximum absolute atomic E-state index is 6.08. The molecule has 0 unspecified atom stereocenters. The highest BCUT2D eigenvalue weighted by Crippen LogP contribution is 2.38. The minimum atomic E-state index is -0.426. The van der Waals surface area contributed by atoms with Crippen LogP contribution in [0.25, 0.3) is 6.08 Å². The third kappa shape index (κ3) is 3.37. The molecule has 0 bridgehead atoms. The maximum atomic E-state index is 6.08. The predicted molar refractivity (Wildman–Crippen MR) is 90.7 cm³/mol. The normalized spacial score (nSPS) is 20.3. The Hall–Kier alpha value is -1.30. The van der Waals surface area contributed by atoms with E-state index in [0.717, 1.165) is 16.8 Å². The van der Waals surface area contributed by atoms with Crippen molar-refractivity contribution in [3.8, 4) is 5.75 Å². The minimum Gasteiger partial charge on any atom is -0.493 e. The number of hydrogen-bond donors (Lipinski definition) is 1. The molecule has 120 valence electrons. The highest BCUT2D eigenvalue weighted by Gasteiger charge is 2.52. The van der Waals surface area contributed by atoms with E-state index in [-0.39, 0.29) is 11.2 Å². The molecule has 1 aliphatic rings. The fourth-order valence-electron chi connectivity index (χ4n) is 2.30. The van der Waals surface area contributed by atoms with Gasteiger partial charge in [0.15, 0.2) is 0 Å². The molecule has 2 N–H and O–H groups in total. The lowest BCUT2D eigenvalue weighted by atomic mass is 9.77. The van der Waals surface area contributed by atoms with E-state index in [4.69, 9.17) is 19.8 Å². The molecule has 1 saturated heterocycles. The second-order valence-electron chi connectivity index (χ2n) is 6.48. The van der Waals surface area contributed by atoms with Crippen LogP contribution in [0, 0.1) is 0 Å². The quantitative estimate of drug-likeness (QED) is 0.849. The van der Waals surface area contributed by atoms with Crippen LogP contribution < -0.4 is 10.5 Å². The van der Waals surface area contributed by atoms with Gasteiger partial charge in [0.2, 0.25) is 0 Å². The van der Waals surface area contributed by atoms with Crippen LogP contribution in [-0.4, -0.2) is 31.5 Å². The highest BCUT2D eigenvalue weighted by atomic mass is 16.7. The predicted octanol–water partition coefficient (Wildman–Crippen LogP) is 3.06. The van der Waals surface area contributed by atoms with Crippen molar-refractivity contribution in [2.75, 3.05) is 13.2 Å². The van der Waals surface area contributed by atoms with Gasteiger partial charge in [0.1, 0.15) is 5.75 Å². The van der Waals surface area contributed by atoms with Crippen LogP contribution in [-0.2, 0) is 9.31 Å². The molecule has 0 aliphatic carbocycles. The lowest BCUT2D eigenvalue weighted by molar-refractivity contribution is 0.00578. The van der Waals surface area contributed by atoms with Crippen LogP contribution >= 0.6 is 0 Å². The van der Waals surface area contributed by atoms with E-state index in [0.29, 0.717) is 13.2 Å². The molecule has 4 nitrogen and oxygen atoms in total. The third-order valence-corrected chi connectivity index (χ3v) is 4.35. The summed E-state index contributed by atoms with van der Waals surface area (Å²) in [4.78, 5) is 0. The van der Waals surface area contributed by atoms with E-state index in [1.165, 1.54) is 0 Å². The van der Waals surface area contributed by atoms with Crippen LogP contribution in [0.5, 0.6) is 5.75 Å². The van der Waals surface area contributed by atoms with E-state index < -0.39 is 7.12 Å². The zero-order chi connectivity index (χ0) is 16.4. The van der Waals surface area contributed by atoms with Crippen molar-refractivity contribution in [1.29, 1.82) is 0 Å². The molecule has 0 radical (unpaired) electrons. The summed E-state index contributed by atoms with van der Waals surface area (Å²) in [7, 11) is -0.426. The van der Waals surface area contributed by atoms with Gasteiger partial charge in [0.05, 0.1) is 17.8 Å². The standard InChI is InChI=1S/C17H26BNO3/c1-6-20-15-10-8-7-9-13(15)11-14(12-19)18-21-16(2,3)17(4,5)22-18/h7-11H,6,12,19H2,1-5H3. The monoisotopic (exact) mass is 303 g/mol. The third-order valence-electron chi connectivity index (χ3n) is 4.35. The van der Waals surface area contributed by atoms with Gasteiger partial charge in [-0.2, -0.15) is 0 Å². The van der Waals surface area contributed by atoms with Crippen molar-refractivity contribution >= 4 is 13.2 Å². The summed E-state index contributed by atoms with van der Waals surface area (Å²) in [6.07, 6.45) is 2.01. The van der Waals surface area contributed by atoms with Gasteiger partial charge in [0, 0.05) is 12.1 Å². The molecule has 1 fully saturated rings. The smallest absolute Gasteiger partial charge is 0.491 e. The Labute approximate surface area is 133 Å². The van der Waals surface area contributed by atoms with Gasteiger partial charge in [-0.1, -0.05) is 24.3 Å². The molecule has 1 aromatic rings. The molecule has 2 rings (SSSR count). The zero-order valence-corrected chi connectivity index (χ0v) is 14.2. The molecule has 0 atom stereocenters. The van der Waals surface area contributed by atoms with Crippen molar-refractivity contribution in [2.24, 2.45) is 5.73 Å². The largest absolute Gasteiger partial charge is 0.493 e. The van der Waals surface area contributed by atoms with Crippen LogP contribution in [0.2, 0.25) is 0 Å². The molecular weight excluding hydrogens is 277 g/mol. The zero-order valence-electron chi connectivity index (χ0n) is 14.2. The molecule has 5 heteroatoms. The molecule has 0 spiro atoms. The second kappa shape index (κ2) is 6.45. The van der Waals surface area contributed by atoms with Crippen molar-refractivity contribution in [1.82, 2.24) is 0 Å². The average Bonchev–Trinajstić information content (AvgIpc) is 2.66. The first-order chi connectivity index (χ1) is 10.3. The summed E-state index contributed by atoms with van der Waals surface area (Å²) in [5.74, 6) is 0.840. The van der Waals surface area contributed by atoms with Gasteiger partial charge in [-0.15, -0.1) is 0 Å². The Morgan fingerprint density at radius 1 is 1.18 bits per heavy atom. The van der Waals surface area contributed by atoms with E-state index >= 15 is 0 Å². The number of benzene rings is 1. The number of para-hydroxylation sites is 1. The molecular formula is C17H26BNO3. The van der Waals surface area contributed by atoms with Crippen molar-refractivity contribution < 1.29 is 14.0 Å². The van der Waals surface area contributed by atoms with Crippen LogP contribution in [0.1, 0.15) is 40.2 Å². The molecule has 1 aliphatic heterocycles. The van der Waals surface area contributed by atoms with Gasteiger partial charge in [-0.3, -0.25) is 0 Å². The Bertz CT molecular complexity index is 539. The Morgan fingerprint density at radius 2 is 1.77 bits per heavy atom. The fraction of sp³-hybridized carbons (Fsp3) is 0.529. The van der Waals surface area contributed by atoms with E-state index in [9.17, 15) is 0 Å². The number of rotatable bonds is 5. The molecule has 1 aromatic carbocycles. The van der Waals surface area contributed by atoms with Crippen LogP contribution in [0.15, 0.2) is 29.7 Å². The van der Waals surface area contributed by atoms with Gasteiger partial charge in [0.25, 0.3) is 0 Å². The molecule has 0 amide bonds. The Morgan fingerprint density at radius 3 is 2.32 bits per heavy atom. The number of nitrogens with two attached hydrogens (primary N) is 1. The van der Waals surface area contributed by atoms with Crippen molar-refractivity contribution in [2.45, 2.75) is 45.8 Å². The van der Waals surface area contributed by atoms with E-state index in [1.54, 1.807) is 0 Å². The Kier molecular flexibility index (Phi) is 5.00. The summed E-state index contributed by atoms with van der Waals surface area (Å²) < 4.78 is 17.8. The first-order valence-corrected chi connectivity index (χ1v) is 7.78. The van der Waals surface area contributed by atoms with Gasteiger partial charge in [-0.25, -0.2) is 0 Å². The molecule has 22 heavy (non-hydrogen) atoms. The summed E-state index contributed by atoms with van der Waals surface area (Å²) in [6, 6.07) is 7.89. The number of ether oxygens (including phenoxy) is 1. The van der Waals surface area contributed by atoms with Crippen molar-refractivity contribution in [3.63, 3.8) is 0 Å². The first-order valence-electron chi connectivity index (χ1n) is 7.78. The maximum Gasteiger partial charge on any atom is 0.491 e. The average molecular weight is 303 g/mol. The Balaban J connectivity index is 2.30. The number of hydrogen-bond acceptors (Lipinski definition) is 4. The van der Waals surface area contributed by atoms with Crippen LogP contribution in [0.4, 0.5) is 0 Å². The second-order valence-corrected chi connectivity index (χ2v) is 6.48. The lowest BCUT2D eigenvalue weighted by Crippen LogP contribution is -2.41. The topological polar surface area (TPSA) is 53.7 Å². The summed E-state index contributed by atoms with van der Waals surface area (Å²) in [6.45, 7) is 11.1. The highest BCUT2D eigenvalue weighted by molar-refractivity contribution is 6.55. The van der Waals surface area contributed by atoms with Gasteiger partial charge < -0.3 is 19.8 Å². The van der Waals surface area contributed by atoms with E-state index in [2.05, 4.69) is 0 Å². The molecule has 0 saturated carbocycles.